The second kappa shape index (κ2) is 8.16. The first-order valence-corrected chi connectivity index (χ1v) is 9.12. The summed E-state index contributed by atoms with van der Waals surface area (Å²) in [6.07, 6.45) is 2.72. The quantitative estimate of drug-likeness (QED) is 0.184. The zero-order valence-corrected chi connectivity index (χ0v) is 16.8. The Bertz CT molecular complexity index is 1110. The molecule has 2 amide bonds. The van der Waals surface area contributed by atoms with Crippen molar-refractivity contribution < 1.29 is 18.9 Å². The van der Waals surface area contributed by atoms with Crippen LogP contribution in [0, 0.1) is 10.1 Å². The van der Waals surface area contributed by atoms with E-state index >= 15 is 0 Å². The molecule has 1 aliphatic heterocycles. The number of halogens is 2. The Labute approximate surface area is 179 Å². The van der Waals surface area contributed by atoms with Crippen LogP contribution < -0.4 is 5.32 Å². The minimum atomic E-state index is -0.668. The lowest BCUT2D eigenvalue weighted by Gasteiger charge is -2.27. The number of carbonyl (C=O) groups is 2. The van der Waals surface area contributed by atoms with Gasteiger partial charge >= 0.3 is 0 Å². The van der Waals surface area contributed by atoms with Crippen molar-refractivity contribution in [3.05, 3.63) is 68.4 Å². The minimum absolute atomic E-state index is 0.0163. The molecule has 2 aromatic rings. The highest BCUT2D eigenvalue weighted by Crippen LogP contribution is 2.37. The van der Waals surface area contributed by atoms with Crippen LogP contribution in [-0.2, 0) is 9.59 Å². The van der Waals surface area contributed by atoms with Crippen LogP contribution in [-0.4, -0.2) is 33.3 Å². The molecule has 0 saturated carbocycles. The Morgan fingerprint density at radius 3 is 2.66 bits per heavy atom. The van der Waals surface area contributed by atoms with E-state index in [4.69, 9.17) is 39.8 Å². The van der Waals surface area contributed by atoms with E-state index < -0.39 is 16.7 Å². The number of rotatable bonds is 5. The second-order valence-corrected chi connectivity index (χ2v) is 6.97. The molecule has 8 nitrogen and oxygen atoms in total. The second-order valence-electron chi connectivity index (χ2n) is 5.76. The Hall–Kier alpha value is -3.01. The SMILES string of the molecule is C=CCN1C(=O)/C(=C/c2ccc(-c3cc([N+](=O)[O-])c(Cl)cc3Cl)o2)C(=O)NC1=S. The zero-order chi connectivity index (χ0) is 21.3. The summed E-state index contributed by atoms with van der Waals surface area (Å²) >= 11 is 16.9. The highest BCUT2D eigenvalue weighted by molar-refractivity contribution is 7.80. The lowest BCUT2D eigenvalue weighted by molar-refractivity contribution is -0.384. The van der Waals surface area contributed by atoms with Gasteiger partial charge in [0.1, 0.15) is 22.1 Å². The molecular formula is C18H11Cl2N3O5S. The van der Waals surface area contributed by atoms with Crippen molar-refractivity contribution in [1.29, 1.82) is 0 Å². The van der Waals surface area contributed by atoms with Gasteiger partial charge in [-0.1, -0.05) is 29.3 Å². The molecule has 1 N–H and O–H groups in total. The maximum Gasteiger partial charge on any atom is 0.288 e. The molecule has 1 aromatic carbocycles. The van der Waals surface area contributed by atoms with Crippen LogP contribution in [0.25, 0.3) is 17.4 Å². The summed E-state index contributed by atoms with van der Waals surface area (Å²) in [6.45, 7) is 3.68. The monoisotopic (exact) mass is 451 g/mol. The molecule has 0 radical (unpaired) electrons. The number of amides is 2. The Kier molecular flexibility index (Phi) is 5.83. The van der Waals surface area contributed by atoms with Crippen LogP contribution in [0.5, 0.6) is 0 Å². The molecule has 148 valence electrons. The molecule has 0 unspecified atom stereocenters. The first-order valence-electron chi connectivity index (χ1n) is 7.96. The molecule has 3 rings (SSSR count). The van der Waals surface area contributed by atoms with Gasteiger partial charge in [-0.05, 0) is 36.5 Å². The summed E-state index contributed by atoms with van der Waals surface area (Å²) in [6, 6.07) is 5.42. The van der Waals surface area contributed by atoms with E-state index in [0.717, 1.165) is 0 Å². The Balaban J connectivity index is 1.98. The fourth-order valence-corrected chi connectivity index (χ4v) is 3.37. The number of thiocarbonyl (C=S) groups is 1. The van der Waals surface area contributed by atoms with E-state index in [1.165, 1.54) is 41.3 Å². The highest BCUT2D eigenvalue weighted by atomic mass is 35.5. The average molecular weight is 452 g/mol. The highest BCUT2D eigenvalue weighted by Gasteiger charge is 2.33. The van der Waals surface area contributed by atoms with Crippen molar-refractivity contribution in [2.75, 3.05) is 6.54 Å². The number of carbonyl (C=O) groups excluding carboxylic acids is 2. The molecule has 0 spiro atoms. The molecule has 1 aliphatic rings. The third kappa shape index (κ3) is 4.07. The predicted molar refractivity (Wildman–Crippen MR) is 111 cm³/mol. The number of nitro benzene ring substituents is 1. The number of furan rings is 1. The van der Waals surface area contributed by atoms with Gasteiger partial charge in [-0.15, -0.1) is 6.58 Å². The molecule has 0 aliphatic carbocycles. The van der Waals surface area contributed by atoms with Crippen molar-refractivity contribution in [3.63, 3.8) is 0 Å². The summed E-state index contributed by atoms with van der Waals surface area (Å²) in [5.41, 5.74) is -0.284. The summed E-state index contributed by atoms with van der Waals surface area (Å²) < 4.78 is 5.62. The molecule has 11 heteroatoms. The average Bonchev–Trinajstić information content (AvgIpc) is 3.10. The number of benzene rings is 1. The molecule has 0 bridgehead atoms. The zero-order valence-electron chi connectivity index (χ0n) is 14.5. The minimum Gasteiger partial charge on any atom is -0.457 e. The molecular weight excluding hydrogens is 441 g/mol. The normalized spacial score (nSPS) is 15.6. The summed E-state index contributed by atoms with van der Waals surface area (Å²) in [5, 5.41) is 13.5. The van der Waals surface area contributed by atoms with Gasteiger partial charge in [-0.3, -0.25) is 29.9 Å². The lowest BCUT2D eigenvalue weighted by Crippen LogP contribution is -2.53. The van der Waals surface area contributed by atoms with E-state index in [0.29, 0.717) is 0 Å². The van der Waals surface area contributed by atoms with E-state index in [-0.39, 0.29) is 50.0 Å². The largest absolute Gasteiger partial charge is 0.457 e. The molecule has 29 heavy (non-hydrogen) atoms. The van der Waals surface area contributed by atoms with Gasteiger partial charge in [-0.25, -0.2) is 0 Å². The van der Waals surface area contributed by atoms with Crippen molar-refractivity contribution in [3.8, 4) is 11.3 Å². The first kappa shape index (κ1) is 20.7. The lowest BCUT2D eigenvalue weighted by atomic mass is 10.1. The molecule has 2 heterocycles. The topological polar surface area (TPSA) is 106 Å². The summed E-state index contributed by atoms with van der Waals surface area (Å²) in [4.78, 5) is 36.3. The fraction of sp³-hybridized carbons (Fsp3) is 0.0556. The van der Waals surface area contributed by atoms with Gasteiger partial charge in [0.25, 0.3) is 17.5 Å². The number of hydrogen-bond donors (Lipinski definition) is 1. The third-order valence-electron chi connectivity index (χ3n) is 3.91. The van der Waals surface area contributed by atoms with Crippen LogP contribution in [0.3, 0.4) is 0 Å². The predicted octanol–water partition coefficient (Wildman–Crippen LogP) is 3.97. The van der Waals surface area contributed by atoms with E-state index in [1.807, 2.05) is 0 Å². The number of nitro groups is 1. The van der Waals surface area contributed by atoms with Crippen LogP contribution >= 0.6 is 35.4 Å². The van der Waals surface area contributed by atoms with Gasteiger partial charge in [0.2, 0.25) is 0 Å². The van der Waals surface area contributed by atoms with Gasteiger partial charge in [0, 0.05) is 18.2 Å². The van der Waals surface area contributed by atoms with Gasteiger partial charge in [0.15, 0.2) is 5.11 Å². The Morgan fingerprint density at radius 2 is 2.00 bits per heavy atom. The standard InChI is InChI=1S/C18H11Cl2N3O5S/c1-2-5-22-17(25)11(16(24)21-18(22)29)6-9-3-4-15(28-9)10-7-14(23(26)27)13(20)8-12(10)19/h2-4,6-8H,1,5H2,(H,21,24,29)/b11-6+. The molecule has 1 saturated heterocycles. The van der Waals surface area contributed by atoms with Gasteiger partial charge in [-0.2, -0.15) is 0 Å². The maximum absolute atomic E-state index is 12.5. The van der Waals surface area contributed by atoms with Gasteiger partial charge < -0.3 is 4.42 Å². The van der Waals surface area contributed by atoms with Crippen molar-refractivity contribution in [2.24, 2.45) is 0 Å². The van der Waals surface area contributed by atoms with Crippen LogP contribution in [0.1, 0.15) is 5.76 Å². The number of nitrogens with zero attached hydrogens (tertiary/aromatic N) is 2. The number of nitrogens with one attached hydrogen (secondary N) is 1. The third-order valence-corrected chi connectivity index (χ3v) is 4.85. The Morgan fingerprint density at radius 1 is 1.28 bits per heavy atom. The summed E-state index contributed by atoms with van der Waals surface area (Å²) in [5.74, 6) is -0.905. The van der Waals surface area contributed by atoms with Crippen LogP contribution in [0.15, 0.2) is 46.9 Å². The van der Waals surface area contributed by atoms with E-state index in [2.05, 4.69) is 11.9 Å². The molecule has 1 aromatic heterocycles. The number of hydrogen-bond acceptors (Lipinski definition) is 6. The first-order chi connectivity index (χ1) is 13.7. The van der Waals surface area contributed by atoms with Crippen molar-refractivity contribution >= 4 is 64.1 Å². The summed E-state index contributed by atoms with van der Waals surface area (Å²) in [7, 11) is 0. The maximum atomic E-state index is 12.5. The van der Waals surface area contributed by atoms with Gasteiger partial charge in [0.05, 0.1) is 9.95 Å². The van der Waals surface area contributed by atoms with Crippen LogP contribution in [0.2, 0.25) is 10.0 Å². The van der Waals surface area contributed by atoms with Crippen molar-refractivity contribution in [2.45, 2.75) is 0 Å². The van der Waals surface area contributed by atoms with Crippen LogP contribution in [0.4, 0.5) is 5.69 Å². The smallest absolute Gasteiger partial charge is 0.288 e. The van der Waals surface area contributed by atoms with E-state index in [9.17, 15) is 19.7 Å². The fourth-order valence-electron chi connectivity index (χ4n) is 2.57. The molecule has 0 atom stereocenters. The van der Waals surface area contributed by atoms with Crippen molar-refractivity contribution in [1.82, 2.24) is 10.2 Å². The molecule has 1 fully saturated rings. The van der Waals surface area contributed by atoms with E-state index in [1.54, 1.807) is 0 Å².